The maximum absolute atomic E-state index is 11.4. The van der Waals surface area contributed by atoms with E-state index in [9.17, 15) is 4.79 Å². The highest BCUT2D eigenvalue weighted by molar-refractivity contribution is 5.81. The molecule has 4 bridgehead atoms. The molecule has 5 nitrogen and oxygen atoms in total. The average Bonchev–Trinajstić information content (AvgIpc) is 2.46. The van der Waals surface area contributed by atoms with Crippen LogP contribution in [0, 0.1) is 17.8 Å². The lowest BCUT2D eigenvalue weighted by Gasteiger charge is -2.55. The van der Waals surface area contributed by atoms with Crippen molar-refractivity contribution >= 4 is 5.97 Å². The van der Waals surface area contributed by atoms with Crippen LogP contribution < -0.4 is 0 Å². The van der Waals surface area contributed by atoms with Gasteiger partial charge in [-0.15, -0.1) is 0 Å². The molecule has 0 aromatic rings. The lowest BCUT2D eigenvalue weighted by atomic mass is 9.54. The molecular formula is C17H28O5. The van der Waals surface area contributed by atoms with Gasteiger partial charge in [-0.1, -0.05) is 6.58 Å². The van der Waals surface area contributed by atoms with Crippen LogP contribution in [0.3, 0.4) is 0 Å². The van der Waals surface area contributed by atoms with Gasteiger partial charge in [0.05, 0.1) is 26.4 Å². The fourth-order valence-corrected chi connectivity index (χ4v) is 4.64. The highest BCUT2D eigenvalue weighted by Gasteiger charge is 2.52. The van der Waals surface area contributed by atoms with E-state index in [1.165, 1.54) is 25.3 Å². The number of carbonyl (C=O) groups excluding carboxylic acids is 1. The van der Waals surface area contributed by atoms with Crippen LogP contribution in [0.4, 0.5) is 0 Å². The minimum Gasteiger partial charge on any atom is -0.456 e. The van der Waals surface area contributed by atoms with Gasteiger partial charge in [-0.25, -0.2) is 4.79 Å². The number of rotatable bonds is 6. The van der Waals surface area contributed by atoms with Gasteiger partial charge < -0.3 is 19.7 Å². The van der Waals surface area contributed by atoms with E-state index in [1.54, 1.807) is 0 Å². The predicted molar refractivity (Wildman–Crippen MR) is 82.2 cm³/mol. The van der Waals surface area contributed by atoms with Crippen LogP contribution in [0.1, 0.15) is 38.5 Å². The molecule has 0 aliphatic heterocycles. The maximum Gasteiger partial charge on any atom is 0.330 e. The van der Waals surface area contributed by atoms with Gasteiger partial charge in [0.15, 0.2) is 0 Å². The van der Waals surface area contributed by atoms with Crippen molar-refractivity contribution < 1.29 is 24.5 Å². The molecule has 4 rings (SSSR count). The third-order valence-corrected chi connectivity index (χ3v) is 4.94. The van der Waals surface area contributed by atoms with Crippen molar-refractivity contribution in [1.29, 1.82) is 0 Å². The summed E-state index contributed by atoms with van der Waals surface area (Å²) < 4.78 is 10.3. The Labute approximate surface area is 132 Å². The molecule has 4 aliphatic carbocycles. The van der Waals surface area contributed by atoms with Gasteiger partial charge in [0.1, 0.15) is 5.60 Å². The lowest BCUT2D eigenvalue weighted by Crippen LogP contribution is -2.52. The van der Waals surface area contributed by atoms with E-state index in [0.29, 0.717) is 13.2 Å². The van der Waals surface area contributed by atoms with Crippen LogP contribution in [-0.2, 0) is 14.3 Å². The first kappa shape index (κ1) is 17.4. The number of aliphatic hydroxyl groups is 2. The Morgan fingerprint density at radius 3 is 1.86 bits per heavy atom. The van der Waals surface area contributed by atoms with Crippen molar-refractivity contribution in [3.8, 4) is 0 Å². The van der Waals surface area contributed by atoms with Gasteiger partial charge in [0, 0.05) is 6.08 Å². The summed E-state index contributed by atoms with van der Waals surface area (Å²) >= 11 is 0. The predicted octanol–water partition coefficient (Wildman–Crippen LogP) is 1.67. The summed E-state index contributed by atoms with van der Waals surface area (Å²) in [4.78, 5) is 11.4. The average molecular weight is 312 g/mol. The van der Waals surface area contributed by atoms with Gasteiger partial charge in [-0.05, 0) is 56.3 Å². The zero-order valence-corrected chi connectivity index (χ0v) is 13.2. The number of esters is 1. The fraction of sp³-hybridized carbons (Fsp3) is 0.824. The highest BCUT2D eigenvalue weighted by Crippen LogP contribution is 2.57. The molecule has 0 atom stereocenters. The molecule has 0 aromatic carbocycles. The van der Waals surface area contributed by atoms with E-state index in [-0.39, 0.29) is 24.8 Å². The summed E-state index contributed by atoms with van der Waals surface area (Å²) in [5.74, 6) is 2.26. The molecule has 0 radical (unpaired) electrons. The quantitative estimate of drug-likeness (QED) is 0.443. The molecule has 2 N–H and O–H groups in total. The Hall–Kier alpha value is -0.910. The number of ether oxygens (including phenoxy) is 2. The van der Waals surface area contributed by atoms with Crippen LogP contribution >= 0.6 is 0 Å². The van der Waals surface area contributed by atoms with E-state index in [2.05, 4.69) is 11.3 Å². The Balaban J connectivity index is 0.000000217. The standard InChI is InChI=1S/C13H18O2.C4H10O3/c1-2-12(14)15-13-6-9-3-10(7-13)5-11(4-9)8-13;5-1-3-7-4-2-6/h2,9-11H,1,3-8H2;5-6H,1-4H2. The number of carbonyl (C=O) groups is 1. The van der Waals surface area contributed by atoms with E-state index in [4.69, 9.17) is 14.9 Å². The normalized spacial score (nSPS) is 34.7. The zero-order valence-electron chi connectivity index (χ0n) is 13.2. The van der Waals surface area contributed by atoms with Gasteiger partial charge in [-0.3, -0.25) is 0 Å². The molecule has 22 heavy (non-hydrogen) atoms. The smallest absolute Gasteiger partial charge is 0.330 e. The minimum absolute atomic E-state index is 0.0278. The second kappa shape index (κ2) is 8.09. The van der Waals surface area contributed by atoms with Gasteiger partial charge in [-0.2, -0.15) is 0 Å². The lowest BCUT2D eigenvalue weighted by molar-refractivity contribution is -0.181. The SMILES string of the molecule is C=CC(=O)OC12CC3CC(CC(C3)C1)C2.OCCOCCO. The molecule has 0 heterocycles. The Kier molecular flexibility index (Phi) is 6.41. The van der Waals surface area contributed by atoms with Gasteiger partial charge in [0.25, 0.3) is 0 Å². The molecule has 0 unspecified atom stereocenters. The zero-order chi connectivity index (χ0) is 16.0. The summed E-state index contributed by atoms with van der Waals surface area (Å²) in [6, 6.07) is 0. The number of hydrogen-bond acceptors (Lipinski definition) is 5. The summed E-state index contributed by atoms with van der Waals surface area (Å²) in [7, 11) is 0. The molecule has 126 valence electrons. The van der Waals surface area contributed by atoms with E-state index >= 15 is 0 Å². The van der Waals surface area contributed by atoms with Crippen LogP contribution in [-0.4, -0.2) is 48.2 Å². The van der Waals surface area contributed by atoms with E-state index in [0.717, 1.165) is 37.0 Å². The largest absolute Gasteiger partial charge is 0.456 e. The Morgan fingerprint density at radius 1 is 1.05 bits per heavy atom. The first-order valence-electron chi connectivity index (χ1n) is 8.25. The van der Waals surface area contributed by atoms with E-state index in [1.807, 2.05) is 0 Å². The number of hydrogen-bond donors (Lipinski definition) is 2. The fourth-order valence-electron chi connectivity index (χ4n) is 4.64. The van der Waals surface area contributed by atoms with Crippen molar-refractivity contribution in [3.63, 3.8) is 0 Å². The molecule has 0 saturated heterocycles. The first-order chi connectivity index (χ1) is 10.6. The van der Waals surface area contributed by atoms with Gasteiger partial charge in [0.2, 0.25) is 0 Å². The third-order valence-electron chi connectivity index (χ3n) is 4.94. The Morgan fingerprint density at radius 2 is 1.50 bits per heavy atom. The van der Waals surface area contributed by atoms with Crippen molar-refractivity contribution in [2.75, 3.05) is 26.4 Å². The Bertz CT molecular complexity index is 340. The highest BCUT2D eigenvalue weighted by atomic mass is 16.6. The van der Waals surface area contributed by atoms with Crippen LogP contribution in [0.2, 0.25) is 0 Å². The van der Waals surface area contributed by atoms with Crippen molar-refractivity contribution in [3.05, 3.63) is 12.7 Å². The topological polar surface area (TPSA) is 76.0 Å². The molecule has 5 heteroatoms. The third kappa shape index (κ3) is 4.54. The molecular weight excluding hydrogens is 284 g/mol. The van der Waals surface area contributed by atoms with Crippen molar-refractivity contribution in [2.45, 2.75) is 44.1 Å². The molecule has 4 aliphatic rings. The summed E-state index contributed by atoms with van der Waals surface area (Å²) in [6.45, 7) is 4.18. The summed E-state index contributed by atoms with van der Waals surface area (Å²) in [6.07, 6.45) is 8.77. The van der Waals surface area contributed by atoms with E-state index < -0.39 is 0 Å². The maximum atomic E-state index is 11.4. The summed E-state index contributed by atoms with van der Waals surface area (Å²) in [5.41, 5.74) is -0.0972. The van der Waals surface area contributed by atoms with Crippen molar-refractivity contribution in [1.82, 2.24) is 0 Å². The molecule has 0 spiro atoms. The first-order valence-corrected chi connectivity index (χ1v) is 8.25. The monoisotopic (exact) mass is 312 g/mol. The summed E-state index contributed by atoms with van der Waals surface area (Å²) in [5, 5.41) is 16.2. The minimum atomic E-state index is -0.225. The molecule has 0 aromatic heterocycles. The van der Waals surface area contributed by atoms with Crippen LogP contribution in [0.25, 0.3) is 0 Å². The second-order valence-corrected chi connectivity index (χ2v) is 6.79. The molecule has 4 fully saturated rings. The number of aliphatic hydroxyl groups excluding tert-OH is 2. The molecule has 4 saturated carbocycles. The van der Waals surface area contributed by atoms with Crippen molar-refractivity contribution in [2.24, 2.45) is 17.8 Å². The second-order valence-electron chi connectivity index (χ2n) is 6.79. The van der Waals surface area contributed by atoms with Crippen LogP contribution in [0.15, 0.2) is 12.7 Å². The van der Waals surface area contributed by atoms with Gasteiger partial charge >= 0.3 is 5.97 Å². The molecule has 0 amide bonds. The van der Waals surface area contributed by atoms with Crippen LogP contribution in [0.5, 0.6) is 0 Å².